The molecule has 6 heteroatoms. The van der Waals surface area contributed by atoms with Crippen molar-refractivity contribution in [1.29, 1.82) is 0 Å². The van der Waals surface area contributed by atoms with Gasteiger partial charge < -0.3 is 0 Å². The van der Waals surface area contributed by atoms with E-state index in [0.29, 0.717) is 5.56 Å². The lowest BCUT2D eigenvalue weighted by atomic mass is 9.85. The Morgan fingerprint density at radius 2 is 1.94 bits per heavy atom. The van der Waals surface area contributed by atoms with Gasteiger partial charge in [-0.1, -0.05) is 36.7 Å². The van der Waals surface area contributed by atoms with Gasteiger partial charge in [0.15, 0.2) is 0 Å². The lowest BCUT2D eigenvalue weighted by Gasteiger charge is -2.24. The van der Waals surface area contributed by atoms with Crippen LogP contribution in [0.25, 0.3) is 0 Å². The zero-order chi connectivity index (χ0) is 14.0. The number of nitro groups is 1. The lowest BCUT2D eigenvalue weighted by Crippen LogP contribution is -2.17. The van der Waals surface area contributed by atoms with Gasteiger partial charge in [0.1, 0.15) is 5.82 Å². The van der Waals surface area contributed by atoms with Gasteiger partial charge in [0.25, 0.3) is 5.69 Å². The van der Waals surface area contributed by atoms with Crippen LogP contribution in [0, 0.1) is 25.4 Å². The van der Waals surface area contributed by atoms with Crippen molar-refractivity contribution in [2.24, 2.45) is 5.92 Å². The van der Waals surface area contributed by atoms with Crippen molar-refractivity contribution < 1.29 is 9.31 Å². The van der Waals surface area contributed by atoms with E-state index in [-0.39, 0.29) is 25.9 Å². The Bertz CT molecular complexity index is 458. The van der Waals surface area contributed by atoms with Crippen LogP contribution in [0.5, 0.6) is 0 Å². The van der Waals surface area contributed by atoms with Crippen LogP contribution in [0.15, 0.2) is 12.1 Å². The number of hydrogen-bond donors (Lipinski definition) is 0. The smallest absolute Gasteiger partial charge is 0.258 e. The van der Waals surface area contributed by atoms with Crippen molar-refractivity contribution in [3.05, 3.63) is 37.2 Å². The summed E-state index contributed by atoms with van der Waals surface area (Å²) >= 11 is 5.22. The van der Waals surface area contributed by atoms with E-state index in [9.17, 15) is 14.5 Å². The molecule has 0 aliphatic heterocycles. The third-order valence-electron chi connectivity index (χ3n) is 2.84. The summed E-state index contributed by atoms with van der Waals surface area (Å²) in [5, 5.41) is 11.1. The molecule has 0 saturated carbocycles. The standard InChI is InChI=1S/C12H14BrFINO2/c1-6(2)12(7(3)13)8-4-9(14)10(15)5-11(8)16(17)18/h4-7,12H,1-3H3. The van der Waals surface area contributed by atoms with Gasteiger partial charge >= 0.3 is 0 Å². The minimum atomic E-state index is -0.443. The average Bonchev–Trinajstić information content (AvgIpc) is 2.21. The monoisotopic (exact) mass is 429 g/mol. The molecule has 1 aromatic carbocycles. The van der Waals surface area contributed by atoms with Crippen LogP contribution in [0.4, 0.5) is 10.1 Å². The minimum absolute atomic E-state index is 0.00852. The summed E-state index contributed by atoms with van der Waals surface area (Å²) in [5.74, 6) is -0.329. The Morgan fingerprint density at radius 1 is 1.39 bits per heavy atom. The predicted molar refractivity (Wildman–Crippen MR) is 81.7 cm³/mol. The normalized spacial score (nSPS) is 14.6. The second-order valence-corrected chi connectivity index (χ2v) is 7.14. The summed E-state index contributed by atoms with van der Waals surface area (Å²) in [6.07, 6.45) is 0. The number of benzene rings is 1. The summed E-state index contributed by atoms with van der Waals surface area (Å²) in [7, 11) is 0. The molecule has 1 aromatic rings. The highest BCUT2D eigenvalue weighted by atomic mass is 127. The average molecular weight is 430 g/mol. The molecule has 0 aromatic heterocycles. The third kappa shape index (κ3) is 3.40. The first kappa shape index (κ1) is 15.8. The molecule has 0 bridgehead atoms. The van der Waals surface area contributed by atoms with Gasteiger partial charge in [-0.2, -0.15) is 0 Å². The Morgan fingerprint density at radius 3 is 2.33 bits per heavy atom. The van der Waals surface area contributed by atoms with Crippen LogP contribution in [-0.4, -0.2) is 9.75 Å². The Balaban J connectivity index is 3.45. The van der Waals surface area contributed by atoms with E-state index in [2.05, 4.69) is 15.9 Å². The van der Waals surface area contributed by atoms with Gasteiger partial charge in [-0.15, -0.1) is 0 Å². The number of rotatable bonds is 4. The third-order valence-corrected chi connectivity index (χ3v) is 4.23. The van der Waals surface area contributed by atoms with E-state index in [1.54, 1.807) is 22.6 Å². The highest BCUT2D eigenvalue weighted by molar-refractivity contribution is 14.1. The number of hydrogen-bond acceptors (Lipinski definition) is 2. The number of nitro benzene ring substituents is 1. The zero-order valence-electron chi connectivity index (χ0n) is 10.3. The van der Waals surface area contributed by atoms with E-state index in [1.807, 2.05) is 20.8 Å². The molecule has 0 heterocycles. The van der Waals surface area contributed by atoms with Crippen molar-refractivity contribution in [3.63, 3.8) is 0 Å². The summed E-state index contributed by atoms with van der Waals surface area (Å²) < 4.78 is 13.9. The second-order valence-electron chi connectivity index (χ2n) is 4.53. The molecule has 0 saturated heterocycles. The molecule has 18 heavy (non-hydrogen) atoms. The van der Waals surface area contributed by atoms with Crippen LogP contribution < -0.4 is 0 Å². The van der Waals surface area contributed by atoms with Gasteiger partial charge in [-0.3, -0.25) is 10.1 Å². The molecule has 0 aliphatic rings. The van der Waals surface area contributed by atoms with Gasteiger partial charge in [0, 0.05) is 22.4 Å². The van der Waals surface area contributed by atoms with Gasteiger partial charge in [-0.25, -0.2) is 4.39 Å². The van der Waals surface area contributed by atoms with Gasteiger partial charge in [0.2, 0.25) is 0 Å². The van der Waals surface area contributed by atoms with E-state index in [0.717, 1.165) is 0 Å². The van der Waals surface area contributed by atoms with Crippen molar-refractivity contribution in [1.82, 2.24) is 0 Å². The fraction of sp³-hybridized carbons (Fsp3) is 0.500. The molecular weight excluding hydrogens is 416 g/mol. The SMILES string of the molecule is CC(C)C(c1cc(F)c(I)cc1[N+](=O)[O-])C(C)Br. The fourth-order valence-corrected chi connectivity index (χ4v) is 3.46. The molecule has 0 fully saturated rings. The molecule has 0 spiro atoms. The molecule has 1 rings (SSSR count). The van der Waals surface area contributed by atoms with E-state index < -0.39 is 10.7 Å². The second kappa shape index (κ2) is 6.27. The number of nitrogens with zero attached hydrogens (tertiary/aromatic N) is 1. The molecule has 0 amide bonds. The molecule has 3 nitrogen and oxygen atoms in total. The van der Waals surface area contributed by atoms with E-state index in [1.165, 1.54) is 12.1 Å². The molecule has 2 unspecified atom stereocenters. The Labute approximate surface area is 128 Å². The number of halogens is 3. The first-order chi connectivity index (χ1) is 8.25. The summed E-state index contributed by atoms with van der Waals surface area (Å²) in [6.45, 7) is 5.87. The molecule has 0 aliphatic carbocycles. The van der Waals surface area contributed by atoms with Crippen molar-refractivity contribution in [2.75, 3.05) is 0 Å². The summed E-state index contributed by atoms with van der Waals surface area (Å²) in [6, 6.07) is 2.60. The minimum Gasteiger partial charge on any atom is -0.258 e. The summed E-state index contributed by atoms with van der Waals surface area (Å²) in [4.78, 5) is 10.7. The van der Waals surface area contributed by atoms with Crippen LogP contribution >= 0.6 is 38.5 Å². The largest absolute Gasteiger partial charge is 0.274 e. The van der Waals surface area contributed by atoms with Crippen LogP contribution in [0.1, 0.15) is 32.3 Å². The molecular formula is C12H14BrFINO2. The highest BCUT2D eigenvalue weighted by Gasteiger charge is 2.29. The first-order valence-electron chi connectivity index (χ1n) is 5.53. The van der Waals surface area contributed by atoms with Gasteiger partial charge in [0.05, 0.1) is 8.49 Å². The molecule has 0 radical (unpaired) electrons. The van der Waals surface area contributed by atoms with Gasteiger partial charge in [-0.05, 0) is 34.6 Å². The summed E-state index contributed by atoms with van der Waals surface area (Å²) in [5.41, 5.74) is 0.447. The highest BCUT2D eigenvalue weighted by Crippen LogP contribution is 2.38. The Hall–Kier alpha value is -0.240. The van der Waals surface area contributed by atoms with Crippen LogP contribution in [0.3, 0.4) is 0 Å². The quantitative estimate of drug-likeness (QED) is 0.297. The molecule has 100 valence electrons. The fourth-order valence-electron chi connectivity index (χ4n) is 2.11. The molecule has 2 atom stereocenters. The maximum atomic E-state index is 13.7. The molecule has 0 N–H and O–H groups in total. The van der Waals surface area contributed by atoms with Crippen LogP contribution in [0.2, 0.25) is 0 Å². The first-order valence-corrected chi connectivity index (χ1v) is 7.52. The maximum Gasteiger partial charge on any atom is 0.274 e. The van der Waals surface area contributed by atoms with E-state index in [4.69, 9.17) is 0 Å². The topological polar surface area (TPSA) is 43.1 Å². The lowest BCUT2D eigenvalue weighted by molar-refractivity contribution is -0.385. The van der Waals surface area contributed by atoms with Crippen LogP contribution in [-0.2, 0) is 0 Å². The van der Waals surface area contributed by atoms with Crippen molar-refractivity contribution >= 4 is 44.2 Å². The zero-order valence-corrected chi connectivity index (χ0v) is 14.0. The van der Waals surface area contributed by atoms with Crippen molar-refractivity contribution in [3.8, 4) is 0 Å². The predicted octanol–water partition coefficient (Wildman–Crippen LogP) is 4.86. The van der Waals surface area contributed by atoms with E-state index >= 15 is 0 Å². The van der Waals surface area contributed by atoms with Crippen molar-refractivity contribution in [2.45, 2.75) is 31.5 Å². The maximum absolute atomic E-state index is 13.7. The Kier molecular flexibility index (Phi) is 5.51. The number of alkyl halides is 1.